The lowest BCUT2D eigenvalue weighted by Crippen LogP contribution is -2.26. The van der Waals surface area contributed by atoms with Crippen molar-refractivity contribution in [3.8, 4) is 16.8 Å². The van der Waals surface area contributed by atoms with E-state index in [0.29, 0.717) is 22.7 Å². The first-order valence-electron chi connectivity index (χ1n) is 10.7. The normalized spacial score (nSPS) is 11.8. The Kier molecular flexibility index (Phi) is 5.36. The lowest BCUT2D eigenvalue weighted by molar-refractivity contribution is 0.420. The summed E-state index contributed by atoms with van der Waals surface area (Å²) in [5.41, 5.74) is 3.12. The largest absolute Gasteiger partial charge is 0.371 e. The van der Waals surface area contributed by atoms with Gasteiger partial charge in [0.15, 0.2) is 0 Å². The summed E-state index contributed by atoms with van der Waals surface area (Å²) >= 11 is 0. The van der Waals surface area contributed by atoms with E-state index in [4.69, 9.17) is 11.1 Å². The molecule has 166 valence electrons. The van der Waals surface area contributed by atoms with Gasteiger partial charge in [-0.25, -0.2) is 9.83 Å². The molecule has 5 rings (SSSR count). The third-order valence-corrected chi connectivity index (χ3v) is 5.64. The van der Waals surface area contributed by atoms with Gasteiger partial charge < -0.3 is 9.84 Å². The summed E-state index contributed by atoms with van der Waals surface area (Å²) in [4.78, 5) is 26.1. The van der Waals surface area contributed by atoms with Crippen molar-refractivity contribution in [3.63, 3.8) is 0 Å². The maximum atomic E-state index is 14.0. The minimum atomic E-state index is -0.341. The van der Waals surface area contributed by atoms with E-state index < -0.39 is 0 Å². The second-order valence-corrected chi connectivity index (χ2v) is 7.86. The van der Waals surface area contributed by atoms with Gasteiger partial charge in [0, 0.05) is 23.1 Å². The van der Waals surface area contributed by atoms with Crippen LogP contribution < -0.4 is 10.9 Å². The number of pyridine rings is 1. The molecular weight excluding hydrogens is 428 g/mol. The van der Waals surface area contributed by atoms with Gasteiger partial charge in [0.05, 0.1) is 24.2 Å². The van der Waals surface area contributed by atoms with Crippen LogP contribution in [0.2, 0.25) is 0 Å². The maximum absolute atomic E-state index is 14.0. The molecule has 3 heterocycles. The summed E-state index contributed by atoms with van der Waals surface area (Å²) in [6.07, 6.45) is 4.63. The van der Waals surface area contributed by atoms with Gasteiger partial charge in [-0.2, -0.15) is 0 Å². The van der Waals surface area contributed by atoms with E-state index in [1.807, 2.05) is 61.5 Å². The summed E-state index contributed by atoms with van der Waals surface area (Å²) < 4.78 is 6.72. The number of fused-ring (bicyclic) bond motifs is 1. The number of rotatable bonds is 5. The van der Waals surface area contributed by atoms with Gasteiger partial charge in [0.25, 0.3) is 5.56 Å². The molecule has 0 aliphatic carbocycles. The molecule has 0 saturated heterocycles. The van der Waals surface area contributed by atoms with Crippen molar-refractivity contribution in [2.45, 2.75) is 19.9 Å². The zero-order valence-corrected chi connectivity index (χ0v) is 18.6. The quantitative estimate of drug-likeness (QED) is 0.359. The first kappa shape index (κ1) is 21.1. The molecule has 34 heavy (non-hydrogen) atoms. The number of para-hydroxylation sites is 1. The molecule has 0 saturated carbocycles. The highest BCUT2D eigenvalue weighted by Crippen LogP contribution is 2.31. The summed E-state index contributed by atoms with van der Waals surface area (Å²) in [5, 5.41) is 8.48. The minimum Gasteiger partial charge on any atom is -0.371 e. The molecule has 3 aromatic heterocycles. The predicted molar refractivity (Wildman–Crippen MR) is 130 cm³/mol. The summed E-state index contributed by atoms with van der Waals surface area (Å²) in [7, 11) is 0. The van der Waals surface area contributed by atoms with Crippen LogP contribution in [0.3, 0.4) is 0 Å². The Morgan fingerprint density at radius 3 is 2.68 bits per heavy atom. The number of nitrogens with zero attached hydrogens (tertiary/aromatic N) is 5. The van der Waals surface area contributed by atoms with E-state index in [0.717, 1.165) is 27.9 Å². The Hall–Kier alpha value is -4.77. The molecule has 0 spiro atoms. The van der Waals surface area contributed by atoms with Crippen LogP contribution in [0.1, 0.15) is 24.5 Å². The topological polar surface area (TPSA) is 90.2 Å². The Morgan fingerprint density at radius 1 is 1.12 bits per heavy atom. The predicted octanol–water partition coefficient (Wildman–Crippen LogP) is 5.47. The molecule has 0 fully saturated rings. The highest BCUT2D eigenvalue weighted by atomic mass is 16.5. The van der Waals surface area contributed by atoms with Crippen LogP contribution in [0, 0.1) is 13.5 Å². The minimum absolute atomic E-state index is 0.159. The zero-order valence-electron chi connectivity index (χ0n) is 18.6. The fourth-order valence-electron chi connectivity index (χ4n) is 4.05. The van der Waals surface area contributed by atoms with E-state index in [1.54, 1.807) is 17.7 Å². The highest BCUT2D eigenvalue weighted by molar-refractivity contribution is 5.96. The molecule has 2 aromatic carbocycles. The standard InChI is InChI=1S/C26H20N6O2/c1-16(30-25-22(27-3)14-28-17(2)31-25)23-12-18-8-7-11-21(19-13-29-34-15-19)24(18)26(33)32(23)20-9-5-4-6-10-20/h4-16H,1-2H3,(H,28,30,31)/t16-/m0/s1. The third-order valence-electron chi connectivity index (χ3n) is 5.64. The van der Waals surface area contributed by atoms with Crippen molar-refractivity contribution in [3.05, 3.63) is 107 Å². The Labute approximate surface area is 195 Å². The summed E-state index contributed by atoms with van der Waals surface area (Å²) in [6.45, 7) is 11.2. The van der Waals surface area contributed by atoms with E-state index in [2.05, 4.69) is 25.3 Å². The van der Waals surface area contributed by atoms with Gasteiger partial charge in [-0.1, -0.05) is 41.6 Å². The van der Waals surface area contributed by atoms with Crippen LogP contribution in [-0.2, 0) is 0 Å². The van der Waals surface area contributed by atoms with Gasteiger partial charge in [-0.15, -0.1) is 0 Å². The van der Waals surface area contributed by atoms with Crippen molar-refractivity contribution in [1.29, 1.82) is 0 Å². The molecule has 0 aliphatic rings. The van der Waals surface area contributed by atoms with Crippen LogP contribution >= 0.6 is 0 Å². The zero-order chi connectivity index (χ0) is 23.7. The fraction of sp³-hybridized carbons (Fsp3) is 0.115. The van der Waals surface area contributed by atoms with Crippen LogP contribution in [0.15, 0.2) is 82.6 Å². The van der Waals surface area contributed by atoms with Gasteiger partial charge in [0.1, 0.15) is 17.9 Å². The number of aryl methyl sites for hydroxylation is 1. The molecule has 8 nitrogen and oxygen atoms in total. The van der Waals surface area contributed by atoms with Crippen LogP contribution in [0.4, 0.5) is 11.5 Å². The number of aromatic nitrogens is 4. The van der Waals surface area contributed by atoms with Gasteiger partial charge >= 0.3 is 0 Å². The number of anilines is 1. The van der Waals surface area contributed by atoms with Gasteiger partial charge in [-0.3, -0.25) is 14.3 Å². The van der Waals surface area contributed by atoms with E-state index in [-0.39, 0.29) is 11.6 Å². The summed E-state index contributed by atoms with van der Waals surface area (Å²) in [6, 6.07) is 16.8. The molecular formula is C26H20N6O2. The molecule has 0 unspecified atom stereocenters. The van der Waals surface area contributed by atoms with E-state index in [9.17, 15) is 4.79 Å². The Bertz CT molecular complexity index is 1580. The average Bonchev–Trinajstić information content (AvgIpc) is 3.39. The van der Waals surface area contributed by atoms with Gasteiger partial charge in [0.2, 0.25) is 5.69 Å². The number of benzene rings is 2. The number of nitrogens with one attached hydrogen (secondary N) is 1. The van der Waals surface area contributed by atoms with Crippen molar-refractivity contribution in [2.75, 3.05) is 5.32 Å². The van der Waals surface area contributed by atoms with Crippen LogP contribution in [-0.4, -0.2) is 19.7 Å². The van der Waals surface area contributed by atoms with E-state index in [1.165, 1.54) is 12.5 Å². The SMILES string of the molecule is [C-]#[N+]c1cnc(C)nc1N[C@@H](C)c1cc2cccc(-c3cnoc3)c2c(=O)n1-c1ccccc1. The molecule has 0 amide bonds. The van der Waals surface area contributed by atoms with Crippen molar-refractivity contribution < 1.29 is 4.52 Å². The fourth-order valence-corrected chi connectivity index (χ4v) is 4.05. The summed E-state index contributed by atoms with van der Waals surface area (Å²) in [5.74, 6) is 0.986. The lowest BCUT2D eigenvalue weighted by Gasteiger charge is -2.22. The number of hydrogen-bond acceptors (Lipinski definition) is 6. The van der Waals surface area contributed by atoms with E-state index >= 15 is 0 Å². The van der Waals surface area contributed by atoms with Crippen molar-refractivity contribution >= 4 is 22.3 Å². The van der Waals surface area contributed by atoms with Crippen LogP contribution in [0.25, 0.3) is 32.4 Å². The van der Waals surface area contributed by atoms with Crippen molar-refractivity contribution in [1.82, 2.24) is 19.7 Å². The average molecular weight is 448 g/mol. The first-order chi connectivity index (χ1) is 16.6. The van der Waals surface area contributed by atoms with Crippen molar-refractivity contribution in [2.24, 2.45) is 0 Å². The molecule has 0 radical (unpaired) electrons. The molecule has 5 aromatic rings. The molecule has 0 aliphatic heterocycles. The highest BCUT2D eigenvalue weighted by Gasteiger charge is 2.20. The number of hydrogen-bond donors (Lipinski definition) is 1. The molecule has 0 bridgehead atoms. The Balaban J connectivity index is 1.74. The smallest absolute Gasteiger partial charge is 0.263 e. The monoisotopic (exact) mass is 448 g/mol. The first-order valence-corrected chi connectivity index (χ1v) is 10.7. The maximum Gasteiger partial charge on any atom is 0.263 e. The third kappa shape index (κ3) is 3.69. The second-order valence-electron chi connectivity index (χ2n) is 7.86. The van der Waals surface area contributed by atoms with Gasteiger partial charge in [-0.05, 0) is 43.0 Å². The lowest BCUT2D eigenvalue weighted by atomic mass is 10.00. The molecule has 1 N–H and O–H groups in total. The molecule has 8 heteroatoms. The Morgan fingerprint density at radius 2 is 1.94 bits per heavy atom. The molecule has 1 atom stereocenters. The second kappa shape index (κ2) is 8.64. The van der Waals surface area contributed by atoms with Crippen LogP contribution in [0.5, 0.6) is 0 Å².